The van der Waals surface area contributed by atoms with Gasteiger partial charge < -0.3 is 0 Å². The summed E-state index contributed by atoms with van der Waals surface area (Å²) in [5.41, 5.74) is 0. The van der Waals surface area contributed by atoms with Crippen molar-refractivity contribution >= 4 is 33.0 Å². The number of sulfonamides is 1. The summed E-state index contributed by atoms with van der Waals surface area (Å²) in [5.74, 6) is 0.466. The van der Waals surface area contributed by atoms with Crippen LogP contribution in [0.2, 0.25) is 0 Å². The van der Waals surface area contributed by atoms with Crippen molar-refractivity contribution in [2.45, 2.75) is 24.5 Å². The molecule has 1 aromatic heterocycles. The number of halogens is 1. The zero-order valence-corrected chi connectivity index (χ0v) is 11.7. The Kier molecular flexibility index (Phi) is 5.17. The Hall–Kier alpha value is -0.170. The van der Waals surface area contributed by atoms with Gasteiger partial charge in [-0.05, 0) is 13.3 Å². The van der Waals surface area contributed by atoms with Crippen LogP contribution in [0.1, 0.15) is 18.4 Å². The summed E-state index contributed by atoms with van der Waals surface area (Å²) in [4.78, 5) is 3.97. The summed E-state index contributed by atoms with van der Waals surface area (Å²) < 4.78 is 26.0. The summed E-state index contributed by atoms with van der Waals surface area (Å²) in [6.07, 6.45) is 2.07. The van der Waals surface area contributed by atoms with Crippen molar-refractivity contribution in [3.8, 4) is 0 Å². The fourth-order valence-electron chi connectivity index (χ4n) is 1.27. The SMILES string of the molecule is CCN(CCCCl)S(=O)(=O)c1cnc(C)s1. The highest BCUT2D eigenvalue weighted by atomic mass is 35.5. The van der Waals surface area contributed by atoms with Crippen LogP contribution in [0.4, 0.5) is 0 Å². The lowest BCUT2D eigenvalue weighted by Gasteiger charge is -2.18. The Morgan fingerprint density at radius 1 is 1.56 bits per heavy atom. The lowest BCUT2D eigenvalue weighted by Crippen LogP contribution is -2.31. The molecule has 0 spiro atoms. The number of aromatic nitrogens is 1. The monoisotopic (exact) mass is 282 g/mol. The van der Waals surface area contributed by atoms with Crippen molar-refractivity contribution in [1.29, 1.82) is 0 Å². The van der Waals surface area contributed by atoms with Gasteiger partial charge in [0.25, 0.3) is 10.0 Å². The molecule has 1 rings (SSSR count). The van der Waals surface area contributed by atoms with Crippen LogP contribution >= 0.6 is 22.9 Å². The van der Waals surface area contributed by atoms with E-state index in [1.54, 1.807) is 6.92 Å². The Morgan fingerprint density at radius 2 is 2.25 bits per heavy atom. The number of aryl methyl sites for hydroxylation is 1. The van der Waals surface area contributed by atoms with Crippen LogP contribution < -0.4 is 0 Å². The minimum Gasteiger partial charge on any atom is -0.249 e. The molecule has 0 unspecified atom stereocenters. The van der Waals surface area contributed by atoms with Crippen LogP contribution in [-0.2, 0) is 10.0 Å². The Morgan fingerprint density at radius 3 is 2.69 bits per heavy atom. The van der Waals surface area contributed by atoms with E-state index in [1.165, 1.54) is 21.8 Å². The molecule has 0 fully saturated rings. The second kappa shape index (κ2) is 5.95. The van der Waals surface area contributed by atoms with Crippen LogP contribution in [0, 0.1) is 6.92 Å². The Balaban J connectivity index is 2.90. The number of alkyl halides is 1. The van der Waals surface area contributed by atoms with Crippen molar-refractivity contribution in [3.05, 3.63) is 11.2 Å². The molecule has 0 aliphatic heterocycles. The van der Waals surface area contributed by atoms with E-state index in [1.807, 2.05) is 6.92 Å². The third-order valence-corrected chi connectivity index (χ3v) is 5.68. The molecule has 0 N–H and O–H groups in total. The fraction of sp³-hybridized carbons (Fsp3) is 0.667. The van der Waals surface area contributed by atoms with E-state index in [2.05, 4.69) is 4.98 Å². The predicted octanol–water partition coefficient (Wildman–Crippen LogP) is 2.09. The summed E-state index contributed by atoms with van der Waals surface area (Å²) in [5, 5.41) is 0.756. The first-order valence-electron chi connectivity index (χ1n) is 5.01. The first kappa shape index (κ1) is 13.9. The normalized spacial score (nSPS) is 12.2. The lowest BCUT2D eigenvalue weighted by atomic mass is 10.5. The highest BCUT2D eigenvalue weighted by Gasteiger charge is 2.24. The van der Waals surface area contributed by atoms with E-state index in [-0.39, 0.29) is 0 Å². The van der Waals surface area contributed by atoms with E-state index in [0.29, 0.717) is 29.6 Å². The smallest absolute Gasteiger partial charge is 0.249 e. The van der Waals surface area contributed by atoms with Gasteiger partial charge in [-0.25, -0.2) is 13.4 Å². The van der Waals surface area contributed by atoms with Gasteiger partial charge in [-0.1, -0.05) is 6.92 Å². The molecule has 0 amide bonds. The molecular weight excluding hydrogens is 268 g/mol. The molecule has 0 aliphatic carbocycles. The van der Waals surface area contributed by atoms with Crippen molar-refractivity contribution < 1.29 is 8.42 Å². The summed E-state index contributed by atoms with van der Waals surface area (Å²) >= 11 is 6.77. The highest BCUT2D eigenvalue weighted by molar-refractivity contribution is 7.91. The number of nitrogens with zero attached hydrogens (tertiary/aromatic N) is 2. The van der Waals surface area contributed by atoms with Gasteiger partial charge in [0.1, 0.15) is 0 Å². The van der Waals surface area contributed by atoms with Crippen LogP contribution in [0.3, 0.4) is 0 Å². The summed E-state index contributed by atoms with van der Waals surface area (Å²) in [6.45, 7) is 4.52. The average Bonchev–Trinajstić information content (AvgIpc) is 2.66. The second-order valence-corrected chi connectivity index (χ2v) is 7.02. The fourth-order valence-corrected chi connectivity index (χ4v) is 4.14. The van der Waals surface area contributed by atoms with Gasteiger partial charge in [0.2, 0.25) is 0 Å². The third-order valence-electron chi connectivity index (χ3n) is 2.09. The molecule has 0 aromatic carbocycles. The standard InChI is InChI=1S/C9H15ClN2O2S2/c1-3-12(6-4-5-10)16(13,14)9-7-11-8(2)15-9/h7H,3-6H2,1-2H3. The van der Waals surface area contributed by atoms with E-state index >= 15 is 0 Å². The van der Waals surface area contributed by atoms with Gasteiger partial charge in [0.15, 0.2) is 4.21 Å². The van der Waals surface area contributed by atoms with Crippen molar-refractivity contribution in [3.63, 3.8) is 0 Å². The molecular formula is C9H15ClN2O2S2. The van der Waals surface area contributed by atoms with Gasteiger partial charge in [-0.2, -0.15) is 4.31 Å². The lowest BCUT2D eigenvalue weighted by molar-refractivity contribution is 0.429. The molecule has 92 valence electrons. The van der Waals surface area contributed by atoms with Gasteiger partial charge in [0.05, 0.1) is 11.2 Å². The van der Waals surface area contributed by atoms with Gasteiger partial charge in [-0.3, -0.25) is 0 Å². The molecule has 16 heavy (non-hydrogen) atoms. The van der Waals surface area contributed by atoms with Crippen LogP contribution in [0.5, 0.6) is 0 Å². The maximum atomic E-state index is 12.1. The van der Waals surface area contributed by atoms with Gasteiger partial charge >= 0.3 is 0 Å². The minimum atomic E-state index is -3.37. The highest BCUT2D eigenvalue weighted by Crippen LogP contribution is 2.22. The average molecular weight is 283 g/mol. The van der Waals surface area contributed by atoms with E-state index in [4.69, 9.17) is 11.6 Å². The second-order valence-electron chi connectivity index (χ2n) is 3.24. The summed E-state index contributed by atoms with van der Waals surface area (Å²) in [6, 6.07) is 0. The topological polar surface area (TPSA) is 50.3 Å². The van der Waals surface area contributed by atoms with Crippen molar-refractivity contribution in [1.82, 2.24) is 9.29 Å². The molecule has 0 radical (unpaired) electrons. The van der Waals surface area contributed by atoms with E-state index in [0.717, 1.165) is 5.01 Å². The van der Waals surface area contributed by atoms with Crippen LogP contribution in [0.15, 0.2) is 10.4 Å². The molecule has 0 atom stereocenters. The number of thiazole rings is 1. The Labute approximate surface area is 105 Å². The number of hydrogen-bond donors (Lipinski definition) is 0. The van der Waals surface area contributed by atoms with Crippen LogP contribution in [0.25, 0.3) is 0 Å². The largest absolute Gasteiger partial charge is 0.254 e. The molecule has 0 saturated heterocycles. The van der Waals surface area contributed by atoms with Crippen molar-refractivity contribution in [2.75, 3.05) is 19.0 Å². The first-order chi connectivity index (χ1) is 7.52. The molecule has 0 bridgehead atoms. The van der Waals surface area contributed by atoms with Crippen LogP contribution in [-0.4, -0.2) is 36.7 Å². The molecule has 1 aromatic rings. The zero-order chi connectivity index (χ0) is 12.2. The molecule has 4 nitrogen and oxygen atoms in total. The van der Waals surface area contributed by atoms with E-state index in [9.17, 15) is 8.42 Å². The quantitative estimate of drug-likeness (QED) is 0.751. The van der Waals surface area contributed by atoms with Gasteiger partial charge in [-0.15, -0.1) is 22.9 Å². The number of hydrogen-bond acceptors (Lipinski definition) is 4. The van der Waals surface area contributed by atoms with E-state index < -0.39 is 10.0 Å². The predicted molar refractivity (Wildman–Crippen MR) is 66.6 cm³/mol. The minimum absolute atomic E-state index is 0.307. The maximum Gasteiger partial charge on any atom is 0.254 e. The van der Waals surface area contributed by atoms with Crippen molar-refractivity contribution in [2.24, 2.45) is 0 Å². The summed E-state index contributed by atoms with van der Waals surface area (Å²) in [7, 11) is -3.37. The molecule has 0 saturated carbocycles. The number of rotatable bonds is 6. The molecule has 1 heterocycles. The maximum absolute atomic E-state index is 12.1. The zero-order valence-electron chi connectivity index (χ0n) is 9.31. The molecule has 0 aliphatic rings. The third kappa shape index (κ3) is 3.16. The molecule has 7 heteroatoms. The first-order valence-corrected chi connectivity index (χ1v) is 7.80. The Bertz CT molecular complexity index is 430. The van der Waals surface area contributed by atoms with Gasteiger partial charge in [0, 0.05) is 19.0 Å².